The van der Waals surface area contributed by atoms with Crippen LogP contribution in [-0.2, 0) is 4.57 Å². The molecule has 4 nitrogen and oxygen atoms in total. The van der Waals surface area contributed by atoms with Crippen molar-refractivity contribution in [3.05, 3.63) is 29.8 Å². The maximum Gasteiger partial charge on any atom is 0.344 e. The van der Waals surface area contributed by atoms with Crippen LogP contribution in [0.5, 0.6) is 0 Å². The van der Waals surface area contributed by atoms with Gasteiger partial charge in [-0.3, -0.25) is 4.57 Å². The Morgan fingerprint density at radius 2 is 2.07 bits per heavy atom. The Morgan fingerprint density at radius 3 is 2.57 bits per heavy atom. The average molecular weight is 215 g/mol. The van der Waals surface area contributed by atoms with Crippen molar-refractivity contribution in [1.82, 2.24) is 0 Å². The molecule has 78 valence electrons. The van der Waals surface area contributed by atoms with E-state index in [1.165, 1.54) is 0 Å². The van der Waals surface area contributed by atoms with Gasteiger partial charge in [-0.25, -0.2) is 0 Å². The van der Waals surface area contributed by atoms with Crippen molar-refractivity contribution in [1.29, 1.82) is 0 Å². The van der Waals surface area contributed by atoms with Gasteiger partial charge in [-0.05, 0) is 24.6 Å². The minimum atomic E-state index is -3.98. The Kier molecular flexibility index (Phi) is 3.32. The van der Waals surface area contributed by atoms with Gasteiger partial charge in [0, 0.05) is 12.7 Å². The molecule has 0 atom stereocenters. The van der Waals surface area contributed by atoms with Crippen molar-refractivity contribution >= 4 is 13.3 Å². The summed E-state index contributed by atoms with van der Waals surface area (Å²) in [6.07, 6.45) is -0.254. The topological polar surface area (TPSA) is 60.8 Å². The van der Waals surface area contributed by atoms with Crippen LogP contribution in [0.25, 0.3) is 0 Å². The van der Waals surface area contributed by atoms with Gasteiger partial charge in [0.25, 0.3) is 0 Å². The van der Waals surface area contributed by atoms with Gasteiger partial charge in [0.15, 0.2) is 0 Å². The van der Waals surface area contributed by atoms with Crippen molar-refractivity contribution in [2.75, 3.05) is 18.2 Å². The summed E-state index contributed by atoms with van der Waals surface area (Å²) in [5.41, 5.74) is 1.88. The molecule has 14 heavy (non-hydrogen) atoms. The van der Waals surface area contributed by atoms with E-state index in [0.717, 1.165) is 11.3 Å². The highest BCUT2D eigenvalue weighted by atomic mass is 31.2. The first-order chi connectivity index (χ1) is 6.38. The fraction of sp³-hybridized carbons (Fsp3) is 0.333. The van der Waals surface area contributed by atoms with E-state index in [1.807, 2.05) is 31.2 Å². The fourth-order valence-corrected chi connectivity index (χ4v) is 1.94. The first kappa shape index (κ1) is 11.2. The third kappa shape index (κ3) is 3.50. The molecule has 0 saturated carbocycles. The highest BCUT2D eigenvalue weighted by molar-refractivity contribution is 7.51. The van der Waals surface area contributed by atoms with Crippen LogP contribution in [-0.4, -0.2) is 23.1 Å². The third-order valence-electron chi connectivity index (χ3n) is 1.84. The molecule has 0 aromatic heterocycles. The van der Waals surface area contributed by atoms with Gasteiger partial charge in [0.1, 0.15) is 6.29 Å². The first-order valence-electron chi connectivity index (χ1n) is 4.21. The van der Waals surface area contributed by atoms with Crippen molar-refractivity contribution in [2.45, 2.75) is 6.92 Å². The Morgan fingerprint density at radius 1 is 1.43 bits per heavy atom. The molecule has 0 radical (unpaired) electrons. The van der Waals surface area contributed by atoms with Crippen LogP contribution in [0.15, 0.2) is 24.3 Å². The van der Waals surface area contributed by atoms with Crippen LogP contribution in [0.4, 0.5) is 5.69 Å². The Labute approximate surface area is 83.3 Å². The third-order valence-corrected chi connectivity index (χ3v) is 2.63. The quantitative estimate of drug-likeness (QED) is 0.751. The summed E-state index contributed by atoms with van der Waals surface area (Å²) in [5.74, 6) is 0. The maximum absolute atomic E-state index is 10.8. The molecule has 0 fully saturated rings. The summed E-state index contributed by atoms with van der Waals surface area (Å²) in [5, 5.41) is 0. The molecule has 0 saturated heterocycles. The number of hydrogen-bond acceptors (Lipinski definition) is 2. The minimum Gasteiger partial charge on any atom is -0.363 e. The number of anilines is 1. The average Bonchev–Trinajstić information content (AvgIpc) is 2.01. The molecule has 0 aliphatic carbocycles. The van der Waals surface area contributed by atoms with Gasteiger partial charge >= 0.3 is 7.60 Å². The number of hydrogen-bond donors (Lipinski definition) is 2. The highest BCUT2D eigenvalue weighted by Crippen LogP contribution is 2.36. The van der Waals surface area contributed by atoms with Crippen LogP contribution in [0.3, 0.4) is 0 Å². The molecule has 1 aromatic rings. The van der Waals surface area contributed by atoms with Gasteiger partial charge in [0.2, 0.25) is 0 Å². The second-order valence-electron chi connectivity index (χ2n) is 3.34. The first-order valence-corrected chi connectivity index (χ1v) is 6.00. The molecule has 1 aromatic carbocycles. The zero-order chi connectivity index (χ0) is 10.8. The zero-order valence-electron chi connectivity index (χ0n) is 8.21. The molecule has 5 heteroatoms. The molecule has 0 aliphatic rings. The van der Waals surface area contributed by atoms with E-state index in [2.05, 4.69) is 0 Å². The molecule has 0 aliphatic heterocycles. The second-order valence-corrected chi connectivity index (χ2v) is 4.96. The Hall–Kier alpha value is -0.830. The van der Waals surface area contributed by atoms with Crippen molar-refractivity contribution in [3.8, 4) is 0 Å². The molecule has 0 amide bonds. The Bertz CT molecular complexity index is 361. The van der Waals surface area contributed by atoms with Crippen LogP contribution < -0.4 is 4.90 Å². The number of benzene rings is 1. The predicted octanol–water partition coefficient (Wildman–Crippen LogP) is 1.57. The van der Waals surface area contributed by atoms with E-state index in [4.69, 9.17) is 9.79 Å². The maximum atomic E-state index is 10.8. The molecule has 0 spiro atoms. The summed E-state index contributed by atoms with van der Waals surface area (Å²) in [7, 11) is -2.32. The number of nitrogens with zero attached hydrogens (tertiary/aromatic N) is 1. The normalized spacial score (nSPS) is 11.4. The number of rotatable bonds is 3. The van der Waals surface area contributed by atoms with E-state index < -0.39 is 7.60 Å². The van der Waals surface area contributed by atoms with Gasteiger partial charge < -0.3 is 14.7 Å². The summed E-state index contributed by atoms with van der Waals surface area (Å²) >= 11 is 0. The molecule has 0 heterocycles. The van der Waals surface area contributed by atoms with Gasteiger partial charge in [-0.15, -0.1) is 0 Å². The zero-order valence-corrected chi connectivity index (χ0v) is 9.11. The van der Waals surface area contributed by atoms with Crippen molar-refractivity contribution in [3.63, 3.8) is 0 Å². The lowest BCUT2D eigenvalue weighted by molar-refractivity contribution is 0.373. The highest BCUT2D eigenvalue weighted by Gasteiger charge is 2.16. The number of aryl methyl sites for hydroxylation is 1. The summed E-state index contributed by atoms with van der Waals surface area (Å²) in [6.45, 7) is 1.94. The van der Waals surface area contributed by atoms with Crippen LogP contribution in [0.2, 0.25) is 0 Å². The smallest absolute Gasteiger partial charge is 0.344 e. The van der Waals surface area contributed by atoms with E-state index in [1.54, 1.807) is 11.9 Å². The predicted molar refractivity (Wildman–Crippen MR) is 56.5 cm³/mol. The van der Waals surface area contributed by atoms with Crippen LogP contribution in [0.1, 0.15) is 5.56 Å². The largest absolute Gasteiger partial charge is 0.363 e. The fourth-order valence-electron chi connectivity index (χ4n) is 1.22. The minimum absolute atomic E-state index is 0.254. The summed E-state index contributed by atoms with van der Waals surface area (Å²) in [4.78, 5) is 19.1. The lowest BCUT2D eigenvalue weighted by atomic mass is 10.2. The summed E-state index contributed by atoms with van der Waals surface area (Å²) in [6, 6.07) is 7.51. The van der Waals surface area contributed by atoms with Crippen LogP contribution in [0, 0.1) is 6.92 Å². The van der Waals surface area contributed by atoms with Gasteiger partial charge in [-0.1, -0.05) is 12.1 Å². The lowest BCUT2D eigenvalue weighted by Crippen LogP contribution is -2.18. The Balaban J connectivity index is 2.80. The van der Waals surface area contributed by atoms with Crippen molar-refractivity contribution < 1.29 is 14.4 Å². The van der Waals surface area contributed by atoms with E-state index in [9.17, 15) is 4.57 Å². The molecule has 2 N–H and O–H groups in total. The lowest BCUT2D eigenvalue weighted by Gasteiger charge is -2.19. The SMILES string of the molecule is Cc1cccc(N(C)CP(=O)(O)O)c1. The monoisotopic (exact) mass is 215 g/mol. The van der Waals surface area contributed by atoms with E-state index in [-0.39, 0.29) is 6.29 Å². The summed E-state index contributed by atoms with van der Waals surface area (Å²) < 4.78 is 10.8. The molecule has 0 bridgehead atoms. The van der Waals surface area contributed by atoms with Crippen molar-refractivity contribution in [2.24, 2.45) is 0 Å². The molecule has 1 rings (SSSR count). The molecular formula is C9H14NO3P. The molecular weight excluding hydrogens is 201 g/mol. The standard InChI is InChI=1S/C9H14NO3P/c1-8-4-3-5-9(6-8)10(2)7-14(11,12)13/h3-6H,7H2,1-2H3,(H2,11,12,13). The molecule has 0 unspecified atom stereocenters. The van der Waals surface area contributed by atoms with Gasteiger partial charge in [-0.2, -0.15) is 0 Å². The van der Waals surface area contributed by atoms with Gasteiger partial charge in [0.05, 0.1) is 0 Å². The second kappa shape index (κ2) is 4.13. The van der Waals surface area contributed by atoms with E-state index >= 15 is 0 Å². The van der Waals surface area contributed by atoms with E-state index in [0.29, 0.717) is 0 Å². The van der Waals surface area contributed by atoms with Crippen LogP contribution >= 0.6 is 7.60 Å².